The van der Waals surface area contributed by atoms with E-state index in [9.17, 15) is 18.0 Å². The van der Waals surface area contributed by atoms with Crippen LogP contribution in [0.15, 0.2) is 36.7 Å². The molecule has 0 aliphatic rings. The number of unbranched alkanes of at least 4 members (excludes halogenated alkanes) is 1. The van der Waals surface area contributed by atoms with Crippen molar-refractivity contribution in [3.8, 4) is 0 Å². The van der Waals surface area contributed by atoms with Gasteiger partial charge in [0.15, 0.2) is 0 Å². The third-order valence-electron chi connectivity index (χ3n) is 3.74. The lowest BCUT2D eigenvalue weighted by Gasteiger charge is -2.17. The molecule has 1 aromatic heterocycles. The number of alkyl halides is 3. The molecule has 0 atom stereocenters. The van der Waals surface area contributed by atoms with Crippen molar-refractivity contribution in [3.63, 3.8) is 0 Å². The lowest BCUT2D eigenvalue weighted by atomic mass is 10.1. The fourth-order valence-electron chi connectivity index (χ4n) is 2.33. The van der Waals surface area contributed by atoms with Gasteiger partial charge in [-0.05, 0) is 30.7 Å². The summed E-state index contributed by atoms with van der Waals surface area (Å²) in [4.78, 5) is 18.0. The SMILES string of the molecule is CCCCN(C)C(=O)c1cncc(Nc2ccc(Cl)c(C(F)(F)F)c2)c1. The van der Waals surface area contributed by atoms with Crippen molar-refractivity contribution in [2.75, 3.05) is 18.9 Å². The average molecular weight is 386 g/mol. The molecule has 0 saturated carbocycles. The molecule has 8 heteroatoms. The topological polar surface area (TPSA) is 45.2 Å². The highest BCUT2D eigenvalue weighted by molar-refractivity contribution is 6.31. The Morgan fingerprint density at radius 2 is 1.96 bits per heavy atom. The first-order chi connectivity index (χ1) is 12.2. The molecule has 0 spiro atoms. The lowest BCUT2D eigenvalue weighted by molar-refractivity contribution is -0.137. The van der Waals surface area contributed by atoms with E-state index < -0.39 is 11.7 Å². The van der Waals surface area contributed by atoms with Crippen LogP contribution < -0.4 is 5.32 Å². The lowest BCUT2D eigenvalue weighted by Crippen LogP contribution is -2.27. The minimum atomic E-state index is -4.55. The highest BCUT2D eigenvalue weighted by Crippen LogP contribution is 2.36. The monoisotopic (exact) mass is 385 g/mol. The summed E-state index contributed by atoms with van der Waals surface area (Å²) in [7, 11) is 1.70. The molecule has 0 radical (unpaired) electrons. The summed E-state index contributed by atoms with van der Waals surface area (Å²) in [6.45, 7) is 2.66. The van der Waals surface area contributed by atoms with E-state index in [1.165, 1.54) is 24.5 Å². The smallest absolute Gasteiger partial charge is 0.354 e. The number of carbonyl (C=O) groups is 1. The van der Waals surface area contributed by atoms with Crippen molar-refractivity contribution in [3.05, 3.63) is 52.8 Å². The Morgan fingerprint density at radius 3 is 2.62 bits per heavy atom. The molecule has 1 amide bonds. The maximum Gasteiger partial charge on any atom is 0.417 e. The Bertz CT molecular complexity index is 781. The molecule has 0 aliphatic heterocycles. The molecule has 1 N–H and O–H groups in total. The first kappa shape index (κ1) is 20.0. The molecule has 2 rings (SSSR count). The zero-order valence-corrected chi connectivity index (χ0v) is 15.2. The van der Waals surface area contributed by atoms with Crippen LogP contribution in [0.3, 0.4) is 0 Å². The van der Waals surface area contributed by atoms with Crippen LogP contribution in [0.4, 0.5) is 24.5 Å². The second kappa shape index (κ2) is 8.40. The van der Waals surface area contributed by atoms with Crippen molar-refractivity contribution >= 4 is 28.9 Å². The molecule has 0 bridgehead atoms. The van der Waals surface area contributed by atoms with Gasteiger partial charge in [0, 0.05) is 25.5 Å². The summed E-state index contributed by atoms with van der Waals surface area (Å²) in [5, 5.41) is 2.46. The third-order valence-corrected chi connectivity index (χ3v) is 4.07. The van der Waals surface area contributed by atoms with Gasteiger partial charge in [0.2, 0.25) is 0 Å². The number of anilines is 2. The molecule has 1 heterocycles. The molecule has 1 aromatic carbocycles. The number of hydrogen-bond acceptors (Lipinski definition) is 3. The van der Waals surface area contributed by atoms with Crippen molar-refractivity contribution in [2.24, 2.45) is 0 Å². The van der Waals surface area contributed by atoms with Crippen LogP contribution >= 0.6 is 11.6 Å². The predicted molar refractivity (Wildman–Crippen MR) is 95.8 cm³/mol. The van der Waals surface area contributed by atoms with Gasteiger partial charge in [0.05, 0.1) is 28.0 Å². The van der Waals surface area contributed by atoms with E-state index in [0.29, 0.717) is 17.8 Å². The van der Waals surface area contributed by atoms with Crippen LogP contribution in [0.5, 0.6) is 0 Å². The summed E-state index contributed by atoms with van der Waals surface area (Å²) < 4.78 is 38.9. The average Bonchev–Trinajstić information content (AvgIpc) is 2.60. The number of amides is 1. The molecule has 2 aromatic rings. The van der Waals surface area contributed by atoms with Gasteiger partial charge in [-0.2, -0.15) is 13.2 Å². The van der Waals surface area contributed by atoms with Gasteiger partial charge in [-0.1, -0.05) is 24.9 Å². The number of aromatic nitrogens is 1. The number of pyridine rings is 1. The Balaban J connectivity index is 2.20. The van der Waals surface area contributed by atoms with Gasteiger partial charge in [-0.15, -0.1) is 0 Å². The van der Waals surface area contributed by atoms with Crippen molar-refractivity contribution in [1.29, 1.82) is 0 Å². The molecule has 4 nitrogen and oxygen atoms in total. The summed E-state index contributed by atoms with van der Waals surface area (Å²) in [5.41, 5.74) is 0.0462. The second-order valence-corrected chi connectivity index (χ2v) is 6.27. The van der Waals surface area contributed by atoms with E-state index in [0.717, 1.165) is 18.9 Å². The van der Waals surface area contributed by atoms with Crippen LogP contribution in [0.1, 0.15) is 35.7 Å². The summed E-state index contributed by atoms with van der Waals surface area (Å²) in [6, 6.07) is 5.08. The molecule has 0 fully saturated rings. The van der Waals surface area contributed by atoms with Crippen LogP contribution in [0.25, 0.3) is 0 Å². The predicted octanol–water partition coefficient (Wildman–Crippen LogP) is 5.37. The van der Waals surface area contributed by atoms with Crippen LogP contribution in [0.2, 0.25) is 5.02 Å². The number of nitrogens with one attached hydrogen (secondary N) is 1. The minimum absolute atomic E-state index is 0.193. The number of halogens is 4. The number of nitrogens with zero attached hydrogens (tertiary/aromatic N) is 2. The highest BCUT2D eigenvalue weighted by atomic mass is 35.5. The van der Waals surface area contributed by atoms with E-state index in [1.54, 1.807) is 18.0 Å². The summed E-state index contributed by atoms with van der Waals surface area (Å²) in [5.74, 6) is -0.193. The van der Waals surface area contributed by atoms with Gasteiger partial charge in [-0.3, -0.25) is 9.78 Å². The van der Waals surface area contributed by atoms with Crippen LogP contribution in [-0.4, -0.2) is 29.4 Å². The van der Waals surface area contributed by atoms with E-state index in [4.69, 9.17) is 11.6 Å². The third kappa shape index (κ3) is 5.11. The zero-order chi connectivity index (χ0) is 19.3. The van der Waals surface area contributed by atoms with Gasteiger partial charge in [-0.25, -0.2) is 0 Å². The van der Waals surface area contributed by atoms with Crippen molar-refractivity contribution in [1.82, 2.24) is 9.88 Å². The Hall–Kier alpha value is -2.28. The summed E-state index contributed by atoms with van der Waals surface area (Å²) in [6.07, 6.45) is 0.171. The fraction of sp³-hybridized carbons (Fsp3) is 0.333. The largest absolute Gasteiger partial charge is 0.417 e. The quantitative estimate of drug-likeness (QED) is 0.727. The number of benzene rings is 1. The van der Waals surface area contributed by atoms with Gasteiger partial charge in [0.1, 0.15) is 0 Å². The molecular weight excluding hydrogens is 367 g/mol. The maximum absolute atomic E-state index is 13.0. The van der Waals surface area contributed by atoms with E-state index in [1.807, 2.05) is 6.92 Å². The second-order valence-electron chi connectivity index (χ2n) is 5.86. The highest BCUT2D eigenvalue weighted by Gasteiger charge is 2.33. The molecule has 0 saturated heterocycles. The maximum atomic E-state index is 13.0. The fourth-order valence-corrected chi connectivity index (χ4v) is 2.55. The molecule has 0 aliphatic carbocycles. The Kier molecular flexibility index (Phi) is 6.47. The van der Waals surface area contributed by atoms with E-state index in [-0.39, 0.29) is 16.6 Å². The minimum Gasteiger partial charge on any atom is -0.354 e. The Morgan fingerprint density at radius 1 is 1.23 bits per heavy atom. The summed E-state index contributed by atoms with van der Waals surface area (Å²) >= 11 is 5.62. The van der Waals surface area contributed by atoms with E-state index >= 15 is 0 Å². The molecule has 140 valence electrons. The normalized spacial score (nSPS) is 11.3. The standard InChI is InChI=1S/C18H19ClF3N3O/c1-3-4-7-25(2)17(26)12-8-14(11-23-10-12)24-13-5-6-16(19)15(9-13)18(20,21)22/h5-6,8-11,24H,3-4,7H2,1-2H3. The number of carbonyl (C=O) groups excluding carboxylic acids is 1. The van der Waals surface area contributed by atoms with Gasteiger partial charge in [0.25, 0.3) is 5.91 Å². The van der Waals surface area contributed by atoms with E-state index in [2.05, 4.69) is 10.3 Å². The van der Waals surface area contributed by atoms with Crippen LogP contribution in [-0.2, 0) is 6.18 Å². The molecule has 0 unspecified atom stereocenters. The van der Waals surface area contributed by atoms with Crippen molar-refractivity contribution < 1.29 is 18.0 Å². The zero-order valence-electron chi connectivity index (χ0n) is 14.4. The number of rotatable bonds is 6. The Labute approximate surface area is 155 Å². The van der Waals surface area contributed by atoms with Gasteiger partial charge < -0.3 is 10.2 Å². The first-order valence-corrected chi connectivity index (χ1v) is 8.44. The molecule has 26 heavy (non-hydrogen) atoms. The van der Waals surface area contributed by atoms with Crippen LogP contribution in [0, 0.1) is 0 Å². The molecular formula is C18H19ClF3N3O. The first-order valence-electron chi connectivity index (χ1n) is 8.06. The number of hydrogen-bond donors (Lipinski definition) is 1. The van der Waals surface area contributed by atoms with Gasteiger partial charge >= 0.3 is 6.18 Å². The van der Waals surface area contributed by atoms with Crippen molar-refractivity contribution in [2.45, 2.75) is 25.9 Å².